The van der Waals surface area contributed by atoms with Crippen molar-refractivity contribution >= 4 is 39.2 Å². The van der Waals surface area contributed by atoms with E-state index >= 15 is 0 Å². The van der Waals surface area contributed by atoms with Gasteiger partial charge in [0.1, 0.15) is 0 Å². The summed E-state index contributed by atoms with van der Waals surface area (Å²) in [5, 5.41) is 8.97. The first-order valence-electron chi connectivity index (χ1n) is 8.87. The molecule has 0 aliphatic rings. The van der Waals surface area contributed by atoms with Crippen LogP contribution >= 0.6 is 23.1 Å². The second kappa shape index (κ2) is 9.03. The van der Waals surface area contributed by atoms with Gasteiger partial charge >= 0.3 is 0 Å². The molecule has 0 saturated heterocycles. The van der Waals surface area contributed by atoms with E-state index in [1.807, 2.05) is 56.3 Å². The van der Waals surface area contributed by atoms with E-state index in [0.717, 1.165) is 21.2 Å². The van der Waals surface area contributed by atoms with E-state index in [4.69, 9.17) is 5.26 Å². The zero-order valence-corrected chi connectivity index (χ0v) is 17.0. The molecule has 0 bridgehead atoms. The van der Waals surface area contributed by atoms with Crippen LogP contribution in [0.1, 0.15) is 29.8 Å². The predicted octanol–water partition coefficient (Wildman–Crippen LogP) is 5.21. The van der Waals surface area contributed by atoms with Gasteiger partial charge in [0.2, 0.25) is 0 Å². The molecule has 0 N–H and O–H groups in total. The lowest BCUT2D eigenvalue weighted by Gasteiger charge is -2.22. The molecule has 0 saturated carbocycles. The quantitative estimate of drug-likeness (QED) is 0.515. The molecule has 1 unspecified atom stereocenters. The SMILES string of the molecule is CCN(CC(C)C#N)C(=O)c1ccc(CSc2nc3ccccc3s2)cc1. The van der Waals surface area contributed by atoms with Crippen molar-refractivity contribution in [2.75, 3.05) is 13.1 Å². The van der Waals surface area contributed by atoms with Gasteiger partial charge in [-0.05, 0) is 43.7 Å². The Kier molecular flexibility index (Phi) is 6.49. The predicted molar refractivity (Wildman–Crippen MR) is 112 cm³/mol. The summed E-state index contributed by atoms with van der Waals surface area (Å²) in [5.74, 6) is 0.625. The Morgan fingerprint density at radius 2 is 2.00 bits per heavy atom. The summed E-state index contributed by atoms with van der Waals surface area (Å²) in [6, 6.07) is 18.1. The van der Waals surface area contributed by atoms with Gasteiger partial charge < -0.3 is 4.90 Å². The molecule has 6 heteroatoms. The molecule has 0 fully saturated rings. The Bertz CT molecular complexity index is 926. The molecule has 1 atom stereocenters. The summed E-state index contributed by atoms with van der Waals surface area (Å²) in [7, 11) is 0. The highest BCUT2D eigenvalue weighted by atomic mass is 32.2. The Morgan fingerprint density at radius 1 is 1.26 bits per heavy atom. The highest BCUT2D eigenvalue weighted by molar-refractivity contribution is 8.00. The van der Waals surface area contributed by atoms with Crippen LogP contribution in [0.5, 0.6) is 0 Å². The molecular formula is C21H21N3OS2. The van der Waals surface area contributed by atoms with Crippen LogP contribution in [0.15, 0.2) is 52.9 Å². The molecule has 1 heterocycles. The minimum absolute atomic E-state index is 0.0232. The number of hydrogen-bond acceptors (Lipinski definition) is 5. The van der Waals surface area contributed by atoms with Crippen molar-refractivity contribution in [2.45, 2.75) is 23.9 Å². The molecule has 1 aromatic heterocycles. The van der Waals surface area contributed by atoms with Gasteiger partial charge in [0, 0.05) is 24.4 Å². The van der Waals surface area contributed by atoms with Crippen LogP contribution in [-0.2, 0) is 5.75 Å². The Morgan fingerprint density at radius 3 is 2.67 bits per heavy atom. The fourth-order valence-electron chi connectivity index (χ4n) is 2.71. The van der Waals surface area contributed by atoms with E-state index < -0.39 is 0 Å². The minimum Gasteiger partial charge on any atom is -0.338 e. The minimum atomic E-state index is -0.168. The first kappa shape index (κ1) is 19.4. The number of carbonyl (C=O) groups is 1. The van der Waals surface area contributed by atoms with Gasteiger partial charge in [-0.3, -0.25) is 4.79 Å². The fourth-order valence-corrected chi connectivity index (χ4v) is 4.74. The van der Waals surface area contributed by atoms with Crippen LogP contribution in [0.2, 0.25) is 0 Å². The zero-order valence-electron chi connectivity index (χ0n) is 15.4. The number of thioether (sulfide) groups is 1. The molecule has 1 amide bonds. The van der Waals surface area contributed by atoms with E-state index in [1.54, 1.807) is 28.0 Å². The Hall–Kier alpha value is -2.36. The Labute approximate surface area is 167 Å². The second-order valence-electron chi connectivity index (χ2n) is 6.31. The van der Waals surface area contributed by atoms with Gasteiger partial charge in [-0.2, -0.15) is 5.26 Å². The molecular weight excluding hydrogens is 374 g/mol. The maximum Gasteiger partial charge on any atom is 0.253 e. The van der Waals surface area contributed by atoms with Crippen LogP contribution in [0, 0.1) is 17.2 Å². The van der Waals surface area contributed by atoms with Crippen molar-refractivity contribution in [1.29, 1.82) is 5.26 Å². The molecule has 3 aromatic rings. The molecule has 0 spiro atoms. The van der Waals surface area contributed by atoms with Crippen LogP contribution in [0.4, 0.5) is 0 Å². The molecule has 3 rings (SSSR count). The summed E-state index contributed by atoms with van der Waals surface area (Å²) >= 11 is 3.42. The van der Waals surface area contributed by atoms with Crippen LogP contribution in [0.25, 0.3) is 10.2 Å². The highest BCUT2D eigenvalue weighted by Gasteiger charge is 2.16. The summed E-state index contributed by atoms with van der Waals surface area (Å²) in [4.78, 5) is 19.0. The van der Waals surface area contributed by atoms with Gasteiger partial charge in [-0.15, -0.1) is 11.3 Å². The van der Waals surface area contributed by atoms with E-state index in [9.17, 15) is 4.79 Å². The van der Waals surface area contributed by atoms with Gasteiger partial charge in [-0.25, -0.2) is 4.98 Å². The van der Waals surface area contributed by atoms with Gasteiger partial charge in [0.05, 0.1) is 22.2 Å². The first-order valence-corrected chi connectivity index (χ1v) is 10.7. The molecule has 138 valence electrons. The number of nitrogens with zero attached hydrogens (tertiary/aromatic N) is 3. The largest absolute Gasteiger partial charge is 0.338 e. The number of amides is 1. The number of carbonyl (C=O) groups excluding carboxylic acids is 1. The summed E-state index contributed by atoms with van der Waals surface area (Å²) in [6.07, 6.45) is 0. The molecule has 0 aliphatic heterocycles. The molecule has 0 radical (unpaired) electrons. The number of fused-ring (bicyclic) bond motifs is 1. The van der Waals surface area contributed by atoms with Gasteiger partial charge in [0.15, 0.2) is 4.34 Å². The topological polar surface area (TPSA) is 57.0 Å². The Balaban J connectivity index is 1.62. The lowest BCUT2D eigenvalue weighted by Crippen LogP contribution is -2.34. The van der Waals surface area contributed by atoms with E-state index in [0.29, 0.717) is 18.7 Å². The average Bonchev–Trinajstić information content (AvgIpc) is 3.13. The third-order valence-corrected chi connectivity index (χ3v) is 6.47. The number of aromatic nitrogens is 1. The summed E-state index contributed by atoms with van der Waals surface area (Å²) in [5.41, 5.74) is 2.86. The molecule has 27 heavy (non-hydrogen) atoms. The lowest BCUT2D eigenvalue weighted by atomic mass is 10.1. The van der Waals surface area contributed by atoms with Crippen LogP contribution < -0.4 is 0 Å². The van der Waals surface area contributed by atoms with E-state index in [-0.39, 0.29) is 11.8 Å². The highest BCUT2D eigenvalue weighted by Crippen LogP contribution is 2.31. The van der Waals surface area contributed by atoms with E-state index in [1.165, 1.54) is 4.70 Å². The lowest BCUT2D eigenvalue weighted by molar-refractivity contribution is 0.0752. The van der Waals surface area contributed by atoms with Gasteiger partial charge in [-0.1, -0.05) is 36.0 Å². The second-order valence-corrected chi connectivity index (χ2v) is 8.56. The van der Waals surface area contributed by atoms with Crippen molar-refractivity contribution in [3.63, 3.8) is 0 Å². The molecule has 0 aliphatic carbocycles. The monoisotopic (exact) mass is 395 g/mol. The van der Waals surface area contributed by atoms with E-state index in [2.05, 4.69) is 17.1 Å². The molecule has 2 aromatic carbocycles. The summed E-state index contributed by atoms with van der Waals surface area (Å²) < 4.78 is 2.26. The van der Waals surface area contributed by atoms with Crippen molar-refractivity contribution in [1.82, 2.24) is 9.88 Å². The number of nitriles is 1. The van der Waals surface area contributed by atoms with Crippen LogP contribution in [-0.4, -0.2) is 28.9 Å². The van der Waals surface area contributed by atoms with Crippen molar-refractivity contribution in [2.24, 2.45) is 5.92 Å². The maximum atomic E-state index is 12.6. The summed E-state index contributed by atoms with van der Waals surface area (Å²) in [6.45, 7) is 4.82. The van der Waals surface area contributed by atoms with Crippen molar-refractivity contribution in [3.8, 4) is 6.07 Å². The number of hydrogen-bond donors (Lipinski definition) is 0. The number of thiazole rings is 1. The maximum absolute atomic E-state index is 12.6. The number of benzene rings is 2. The van der Waals surface area contributed by atoms with Crippen LogP contribution in [0.3, 0.4) is 0 Å². The van der Waals surface area contributed by atoms with Gasteiger partial charge in [0.25, 0.3) is 5.91 Å². The third-order valence-electron chi connectivity index (χ3n) is 4.22. The standard InChI is InChI=1S/C21H21N3OS2/c1-3-24(13-15(2)12-22)20(25)17-10-8-16(9-11-17)14-26-21-23-18-6-4-5-7-19(18)27-21/h4-11,15H,3,13-14H2,1-2H3. The normalized spacial score (nSPS) is 11.9. The third kappa shape index (κ3) is 4.88. The van der Waals surface area contributed by atoms with Crippen molar-refractivity contribution < 1.29 is 4.79 Å². The zero-order chi connectivity index (χ0) is 19.2. The fraction of sp³-hybridized carbons (Fsp3) is 0.286. The van der Waals surface area contributed by atoms with Crippen molar-refractivity contribution in [3.05, 3.63) is 59.7 Å². The first-order chi connectivity index (χ1) is 13.1. The molecule has 4 nitrogen and oxygen atoms in total. The number of para-hydroxylation sites is 1. The average molecular weight is 396 g/mol. The smallest absolute Gasteiger partial charge is 0.253 e. The number of rotatable bonds is 7.